The van der Waals surface area contributed by atoms with Crippen LogP contribution in [0.4, 0.5) is 0 Å². The molecule has 1 aliphatic rings. The number of hydrogen-bond donors (Lipinski definition) is 3. The van der Waals surface area contributed by atoms with Gasteiger partial charge in [-0.05, 0) is 31.7 Å². The molecule has 1 aromatic rings. The average Bonchev–Trinajstić information content (AvgIpc) is 2.91. The van der Waals surface area contributed by atoms with E-state index in [4.69, 9.17) is 10.5 Å². The molecule has 1 fully saturated rings. The molecule has 0 unspecified atom stereocenters. The van der Waals surface area contributed by atoms with Gasteiger partial charge in [-0.15, -0.1) is 0 Å². The fourth-order valence-corrected chi connectivity index (χ4v) is 3.05. The summed E-state index contributed by atoms with van der Waals surface area (Å²) >= 11 is 0. The maximum atomic E-state index is 11.7. The van der Waals surface area contributed by atoms with Crippen LogP contribution in [0.1, 0.15) is 25.7 Å². The molecular weight excluding hydrogens is 268 g/mol. The van der Waals surface area contributed by atoms with Crippen LogP contribution in [0.2, 0.25) is 0 Å². The van der Waals surface area contributed by atoms with E-state index in [1.165, 1.54) is 12.3 Å². The summed E-state index contributed by atoms with van der Waals surface area (Å²) in [7, 11) is -3.50. The molecule has 0 aromatic carbocycles. The minimum absolute atomic E-state index is 0.0659. The van der Waals surface area contributed by atoms with Crippen LogP contribution >= 0.6 is 0 Å². The van der Waals surface area contributed by atoms with Crippen molar-refractivity contribution in [3.8, 4) is 0 Å². The Morgan fingerprint density at radius 3 is 2.79 bits per heavy atom. The van der Waals surface area contributed by atoms with Gasteiger partial charge >= 0.3 is 0 Å². The van der Waals surface area contributed by atoms with Gasteiger partial charge in [0, 0.05) is 12.6 Å². The van der Waals surface area contributed by atoms with Gasteiger partial charge in [-0.1, -0.05) is 0 Å². The van der Waals surface area contributed by atoms with Gasteiger partial charge in [0.1, 0.15) is 0 Å². The smallest absolute Gasteiger partial charge is 0.257 e. The first-order valence-electron chi connectivity index (χ1n) is 6.44. The summed E-state index contributed by atoms with van der Waals surface area (Å²) in [5, 5.41) is 6.09. The number of aromatic nitrogens is 2. The van der Waals surface area contributed by atoms with Crippen LogP contribution in [0.3, 0.4) is 0 Å². The van der Waals surface area contributed by atoms with Crippen molar-refractivity contribution in [3.63, 3.8) is 0 Å². The molecule has 0 amide bonds. The standard InChI is InChI=1S/C11H20N4O3S/c12-9-1-3-10(4-2-9)18-8-7-14-19(16,17)11-5-6-13-15-11/h5-6,9-10,14H,1-4,7-8,12H2,(H,13,15). The first kappa shape index (κ1) is 14.4. The molecule has 0 bridgehead atoms. The summed E-state index contributed by atoms with van der Waals surface area (Å²) in [5.41, 5.74) is 5.81. The van der Waals surface area contributed by atoms with Crippen LogP contribution < -0.4 is 10.5 Å². The summed E-state index contributed by atoms with van der Waals surface area (Å²) in [6.45, 7) is 0.622. The second kappa shape index (κ2) is 6.47. The van der Waals surface area contributed by atoms with Gasteiger partial charge in [0.2, 0.25) is 0 Å². The van der Waals surface area contributed by atoms with E-state index in [0.29, 0.717) is 12.6 Å². The highest BCUT2D eigenvalue weighted by molar-refractivity contribution is 7.89. The van der Waals surface area contributed by atoms with E-state index in [1.54, 1.807) is 0 Å². The van der Waals surface area contributed by atoms with Gasteiger partial charge in [0.25, 0.3) is 10.0 Å². The molecule has 1 saturated carbocycles. The number of nitrogens with one attached hydrogen (secondary N) is 2. The van der Waals surface area contributed by atoms with Crippen LogP contribution in [-0.2, 0) is 14.8 Å². The maximum Gasteiger partial charge on any atom is 0.257 e. The summed E-state index contributed by atoms with van der Waals surface area (Å²) in [6.07, 6.45) is 5.46. The summed E-state index contributed by atoms with van der Waals surface area (Å²) < 4.78 is 31.6. The highest BCUT2D eigenvalue weighted by atomic mass is 32.2. The molecule has 8 heteroatoms. The Morgan fingerprint density at radius 2 is 2.16 bits per heavy atom. The van der Waals surface area contributed by atoms with E-state index in [0.717, 1.165) is 25.7 Å². The maximum absolute atomic E-state index is 11.7. The van der Waals surface area contributed by atoms with Gasteiger partial charge in [0.05, 0.1) is 18.9 Å². The van der Waals surface area contributed by atoms with Gasteiger partial charge in [-0.25, -0.2) is 13.1 Å². The Balaban J connectivity index is 1.67. The van der Waals surface area contributed by atoms with Crippen LogP contribution in [-0.4, -0.2) is 43.9 Å². The number of aromatic amines is 1. The van der Waals surface area contributed by atoms with Crippen molar-refractivity contribution >= 4 is 10.0 Å². The zero-order valence-electron chi connectivity index (χ0n) is 10.7. The second-order valence-corrected chi connectivity index (χ2v) is 6.46. The molecule has 19 heavy (non-hydrogen) atoms. The van der Waals surface area contributed by atoms with Gasteiger partial charge in [0.15, 0.2) is 5.03 Å². The minimum atomic E-state index is -3.50. The Kier molecular flexibility index (Phi) is 4.92. The van der Waals surface area contributed by atoms with E-state index in [-0.39, 0.29) is 17.7 Å². The second-order valence-electron chi connectivity index (χ2n) is 4.73. The van der Waals surface area contributed by atoms with Crippen molar-refractivity contribution in [2.75, 3.05) is 13.2 Å². The van der Waals surface area contributed by atoms with Crippen LogP contribution in [0.25, 0.3) is 0 Å². The molecule has 0 aliphatic heterocycles. The number of nitrogens with zero attached hydrogens (tertiary/aromatic N) is 1. The number of ether oxygens (including phenoxy) is 1. The quantitative estimate of drug-likeness (QED) is 0.637. The number of hydrogen-bond acceptors (Lipinski definition) is 5. The zero-order chi connectivity index (χ0) is 13.7. The number of sulfonamides is 1. The molecule has 108 valence electrons. The average molecular weight is 288 g/mol. The van der Waals surface area contributed by atoms with Crippen molar-refractivity contribution in [3.05, 3.63) is 12.3 Å². The molecule has 0 saturated heterocycles. The molecule has 1 aliphatic carbocycles. The summed E-state index contributed by atoms with van der Waals surface area (Å²) in [4.78, 5) is 0. The van der Waals surface area contributed by atoms with E-state index in [2.05, 4.69) is 14.9 Å². The molecule has 0 spiro atoms. The van der Waals surface area contributed by atoms with Crippen molar-refractivity contribution in [1.82, 2.24) is 14.9 Å². The van der Waals surface area contributed by atoms with Crippen molar-refractivity contribution < 1.29 is 13.2 Å². The zero-order valence-corrected chi connectivity index (χ0v) is 11.5. The molecular formula is C11H20N4O3S. The van der Waals surface area contributed by atoms with Gasteiger partial charge in [-0.2, -0.15) is 5.10 Å². The molecule has 1 aromatic heterocycles. The minimum Gasteiger partial charge on any atom is -0.377 e. The van der Waals surface area contributed by atoms with Crippen molar-refractivity contribution in [2.24, 2.45) is 5.73 Å². The largest absolute Gasteiger partial charge is 0.377 e. The lowest BCUT2D eigenvalue weighted by atomic mass is 9.94. The lowest BCUT2D eigenvalue weighted by molar-refractivity contribution is 0.0287. The third-order valence-electron chi connectivity index (χ3n) is 3.23. The van der Waals surface area contributed by atoms with Gasteiger partial charge < -0.3 is 10.5 Å². The van der Waals surface area contributed by atoms with E-state index in [1.807, 2.05) is 0 Å². The van der Waals surface area contributed by atoms with E-state index < -0.39 is 10.0 Å². The van der Waals surface area contributed by atoms with E-state index in [9.17, 15) is 8.42 Å². The fourth-order valence-electron chi connectivity index (χ4n) is 2.13. The predicted molar refractivity (Wildman–Crippen MR) is 70.0 cm³/mol. The van der Waals surface area contributed by atoms with Gasteiger partial charge in [-0.3, -0.25) is 5.10 Å². The summed E-state index contributed by atoms with van der Waals surface area (Å²) in [5.74, 6) is 0. The van der Waals surface area contributed by atoms with Crippen LogP contribution in [0.5, 0.6) is 0 Å². The molecule has 7 nitrogen and oxygen atoms in total. The monoisotopic (exact) mass is 288 g/mol. The molecule has 2 rings (SSSR count). The third-order valence-corrected chi connectivity index (χ3v) is 4.62. The highest BCUT2D eigenvalue weighted by Crippen LogP contribution is 2.19. The normalized spacial score (nSPS) is 24.5. The predicted octanol–water partition coefficient (Wildman–Crippen LogP) is -0.0255. The fraction of sp³-hybridized carbons (Fsp3) is 0.727. The van der Waals surface area contributed by atoms with Crippen molar-refractivity contribution in [1.29, 1.82) is 0 Å². The van der Waals surface area contributed by atoms with Crippen LogP contribution in [0.15, 0.2) is 17.3 Å². The molecule has 0 atom stereocenters. The number of nitrogens with two attached hydrogens (primary N) is 1. The SMILES string of the molecule is NC1CCC(OCCNS(=O)(=O)c2ccn[nH]2)CC1. The van der Waals surface area contributed by atoms with Crippen LogP contribution in [0, 0.1) is 0 Å². The lowest BCUT2D eigenvalue weighted by Gasteiger charge is -2.26. The summed E-state index contributed by atoms with van der Waals surface area (Å²) in [6, 6.07) is 1.70. The Hall–Kier alpha value is -0.960. The highest BCUT2D eigenvalue weighted by Gasteiger charge is 2.19. The first-order chi connectivity index (χ1) is 9.08. The first-order valence-corrected chi connectivity index (χ1v) is 7.92. The number of H-pyrrole nitrogens is 1. The molecule has 0 radical (unpaired) electrons. The molecule has 4 N–H and O–H groups in total. The third kappa shape index (κ3) is 4.27. The Bertz CT molecular complexity index is 466. The van der Waals surface area contributed by atoms with E-state index >= 15 is 0 Å². The molecule has 1 heterocycles. The van der Waals surface area contributed by atoms with Crippen molar-refractivity contribution in [2.45, 2.75) is 42.9 Å². The topological polar surface area (TPSA) is 110 Å². The Morgan fingerprint density at radius 1 is 1.42 bits per heavy atom. The Labute approximate surface area is 113 Å². The number of rotatable bonds is 6. The lowest BCUT2D eigenvalue weighted by Crippen LogP contribution is -2.33.